The van der Waals surface area contributed by atoms with Crippen LogP contribution in [0.4, 0.5) is 0 Å². The Morgan fingerprint density at radius 2 is 2.32 bits per heavy atom. The molecule has 0 saturated heterocycles. The number of esters is 1. The minimum absolute atomic E-state index is 0.0582. The fourth-order valence-corrected chi connectivity index (χ4v) is 3.48. The number of hydrogen-bond acceptors (Lipinski definition) is 5. The van der Waals surface area contributed by atoms with Crippen molar-refractivity contribution < 1.29 is 9.53 Å². The fraction of sp³-hybridized carbons (Fsp3) is 0.615. The van der Waals surface area contributed by atoms with E-state index in [-0.39, 0.29) is 11.4 Å². The van der Waals surface area contributed by atoms with E-state index in [1.165, 1.54) is 7.11 Å². The Kier molecular flexibility index (Phi) is 3.85. The maximum atomic E-state index is 11.4. The maximum Gasteiger partial charge on any atom is 0.306 e. The van der Waals surface area contributed by atoms with Gasteiger partial charge in [-0.25, -0.2) is 0 Å². The highest BCUT2D eigenvalue weighted by Crippen LogP contribution is 2.52. The molecule has 0 atom stereocenters. The quantitative estimate of drug-likeness (QED) is 0.609. The van der Waals surface area contributed by atoms with Crippen LogP contribution in [-0.4, -0.2) is 28.6 Å². The average molecular weight is 279 g/mol. The Morgan fingerprint density at radius 1 is 1.63 bits per heavy atom. The van der Waals surface area contributed by atoms with Crippen LogP contribution in [-0.2, 0) is 16.6 Å². The maximum absolute atomic E-state index is 11.4. The number of methoxy groups -OCH3 is 1. The Balaban J connectivity index is 2.04. The standard InChI is InChI=1S/C13H17N3O2S/c1-9-10(7-14)12(16(2)15-9)19-8-13(4-5-13)6-11(17)18-3/h4-6,8H2,1-3H3. The summed E-state index contributed by atoms with van der Waals surface area (Å²) in [6.07, 6.45) is 2.57. The van der Waals surface area contributed by atoms with Gasteiger partial charge < -0.3 is 4.74 Å². The van der Waals surface area contributed by atoms with E-state index < -0.39 is 0 Å². The first-order valence-electron chi connectivity index (χ1n) is 6.15. The van der Waals surface area contributed by atoms with E-state index in [0.717, 1.165) is 29.3 Å². The monoisotopic (exact) mass is 279 g/mol. The third-order valence-corrected chi connectivity index (χ3v) is 5.00. The van der Waals surface area contributed by atoms with Crippen molar-refractivity contribution in [2.45, 2.75) is 31.2 Å². The molecule has 1 aromatic rings. The van der Waals surface area contributed by atoms with Crippen molar-refractivity contribution >= 4 is 17.7 Å². The third kappa shape index (κ3) is 2.92. The predicted octanol–water partition coefficient (Wildman–Crippen LogP) is 2.04. The van der Waals surface area contributed by atoms with Crippen molar-refractivity contribution in [3.8, 4) is 6.07 Å². The lowest BCUT2D eigenvalue weighted by atomic mass is 10.1. The largest absolute Gasteiger partial charge is 0.469 e. The molecule has 0 amide bonds. The van der Waals surface area contributed by atoms with E-state index in [9.17, 15) is 4.79 Å². The molecule has 1 aliphatic carbocycles. The summed E-state index contributed by atoms with van der Waals surface area (Å²) < 4.78 is 6.48. The highest BCUT2D eigenvalue weighted by molar-refractivity contribution is 7.99. The van der Waals surface area contributed by atoms with Gasteiger partial charge in [-0.1, -0.05) is 0 Å². The lowest BCUT2D eigenvalue weighted by Gasteiger charge is -2.13. The van der Waals surface area contributed by atoms with Crippen LogP contribution < -0.4 is 0 Å². The van der Waals surface area contributed by atoms with Crippen molar-refractivity contribution in [1.82, 2.24) is 9.78 Å². The summed E-state index contributed by atoms with van der Waals surface area (Å²) in [6, 6.07) is 2.20. The Morgan fingerprint density at radius 3 is 2.84 bits per heavy atom. The van der Waals surface area contributed by atoms with Gasteiger partial charge in [-0.3, -0.25) is 9.48 Å². The molecule has 0 bridgehead atoms. The number of rotatable bonds is 5. The van der Waals surface area contributed by atoms with Crippen molar-refractivity contribution in [1.29, 1.82) is 5.26 Å². The van der Waals surface area contributed by atoms with Crippen LogP contribution in [0.2, 0.25) is 0 Å². The SMILES string of the molecule is COC(=O)CC1(CSc2c(C#N)c(C)nn2C)CC1. The molecular formula is C13H17N3O2S. The lowest BCUT2D eigenvalue weighted by Crippen LogP contribution is -2.13. The molecule has 1 fully saturated rings. The molecule has 1 saturated carbocycles. The minimum atomic E-state index is -0.153. The first-order chi connectivity index (χ1) is 9.01. The number of ether oxygens (including phenoxy) is 1. The Labute approximate surface area is 116 Å². The molecule has 0 aliphatic heterocycles. The normalized spacial score (nSPS) is 15.9. The van der Waals surface area contributed by atoms with Gasteiger partial charge in [-0.15, -0.1) is 11.8 Å². The molecule has 1 aromatic heterocycles. The van der Waals surface area contributed by atoms with Crippen LogP contribution in [0, 0.1) is 23.7 Å². The molecule has 0 spiro atoms. The van der Waals surface area contributed by atoms with E-state index in [2.05, 4.69) is 11.2 Å². The van der Waals surface area contributed by atoms with Gasteiger partial charge in [-0.05, 0) is 25.2 Å². The third-order valence-electron chi connectivity index (χ3n) is 3.50. The molecule has 2 rings (SSSR count). The topological polar surface area (TPSA) is 67.9 Å². The lowest BCUT2D eigenvalue weighted by molar-refractivity contribution is -0.141. The van der Waals surface area contributed by atoms with Crippen LogP contribution in [0.1, 0.15) is 30.5 Å². The highest BCUT2D eigenvalue weighted by Gasteiger charge is 2.44. The van der Waals surface area contributed by atoms with Gasteiger partial charge in [0.15, 0.2) is 0 Å². The number of nitriles is 1. The minimum Gasteiger partial charge on any atom is -0.469 e. The van der Waals surface area contributed by atoms with Crippen molar-refractivity contribution in [3.05, 3.63) is 11.3 Å². The van der Waals surface area contributed by atoms with E-state index in [4.69, 9.17) is 10.00 Å². The van der Waals surface area contributed by atoms with Crippen molar-refractivity contribution in [2.24, 2.45) is 12.5 Å². The van der Waals surface area contributed by atoms with Crippen LogP contribution >= 0.6 is 11.8 Å². The Hall–Kier alpha value is -1.48. The van der Waals surface area contributed by atoms with Gasteiger partial charge in [0.2, 0.25) is 0 Å². The first kappa shape index (κ1) is 13.9. The summed E-state index contributed by atoms with van der Waals surface area (Å²) >= 11 is 1.61. The predicted molar refractivity (Wildman–Crippen MR) is 71.7 cm³/mol. The van der Waals surface area contributed by atoms with Gasteiger partial charge in [0, 0.05) is 12.8 Å². The van der Waals surface area contributed by atoms with Crippen LogP contribution in [0.25, 0.3) is 0 Å². The second kappa shape index (κ2) is 5.25. The molecular weight excluding hydrogens is 262 g/mol. The Bertz CT molecular complexity index is 541. The number of carbonyl (C=O) groups is 1. The van der Waals surface area contributed by atoms with Gasteiger partial charge >= 0.3 is 5.97 Å². The van der Waals surface area contributed by atoms with Crippen LogP contribution in [0.15, 0.2) is 5.03 Å². The smallest absolute Gasteiger partial charge is 0.306 e. The van der Waals surface area contributed by atoms with E-state index >= 15 is 0 Å². The molecule has 5 nitrogen and oxygen atoms in total. The molecule has 102 valence electrons. The molecule has 6 heteroatoms. The average Bonchev–Trinajstić information content (AvgIpc) is 3.07. The number of aromatic nitrogens is 2. The highest BCUT2D eigenvalue weighted by atomic mass is 32.2. The molecule has 19 heavy (non-hydrogen) atoms. The second-order valence-electron chi connectivity index (χ2n) is 5.04. The summed E-state index contributed by atoms with van der Waals surface area (Å²) in [5.41, 5.74) is 1.45. The number of nitrogens with zero attached hydrogens (tertiary/aromatic N) is 3. The second-order valence-corrected chi connectivity index (χ2v) is 6.01. The number of aryl methyl sites for hydroxylation is 2. The summed E-state index contributed by atoms with van der Waals surface area (Å²) in [5.74, 6) is 0.676. The van der Waals surface area contributed by atoms with Crippen LogP contribution in [0.3, 0.4) is 0 Å². The van der Waals surface area contributed by atoms with Gasteiger partial charge in [-0.2, -0.15) is 10.4 Å². The molecule has 1 heterocycles. The van der Waals surface area contributed by atoms with E-state index in [1.54, 1.807) is 16.4 Å². The molecule has 0 N–H and O–H groups in total. The molecule has 0 aromatic carbocycles. The zero-order valence-corrected chi connectivity index (χ0v) is 12.2. The van der Waals surface area contributed by atoms with Gasteiger partial charge in [0.05, 0.1) is 19.2 Å². The fourth-order valence-electron chi connectivity index (χ4n) is 2.08. The zero-order chi connectivity index (χ0) is 14.0. The first-order valence-corrected chi connectivity index (χ1v) is 7.13. The molecule has 1 aliphatic rings. The van der Waals surface area contributed by atoms with Crippen molar-refractivity contribution in [2.75, 3.05) is 12.9 Å². The zero-order valence-electron chi connectivity index (χ0n) is 11.4. The number of hydrogen-bond donors (Lipinski definition) is 0. The van der Waals surface area contributed by atoms with Crippen LogP contribution in [0.5, 0.6) is 0 Å². The molecule has 0 radical (unpaired) electrons. The number of thioether (sulfide) groups is 1. The summed E-state index contributed by atoms with van der Waals surface area (Å²) in [6.45, 7) is 1.84. The van der Waals surface area contributed by atoms with Crippen molar-refractivity contribution in [3.63, 3.8) is 0 Å². The summed E-state index contributed by atoms with van der Waals surface area (Å²) in [7, 11) is 3.26. The van der Waals surface area contributed by atoms with Gasteiger partial charge in [0.1, 0.15) is 16.7 Å². The van der Waals surface area contributed by atoms with Gasteiger partial charge in [0.25, 0.3) is 0 Å². The number of carbonyl (C=O) groups excluding carboxylic acids is 1. The summed E-state index contributed by atoms with van der Waals surface area (Å²) in [5, 5.41) is 14.3. The van der Waals surface area contributed by atoms with E-state index in [1.807, 2.05) is 14.0 Å². The van der Waals surface area contributed by atoms with E-state index in [0.29, 0.717) is 12.0 Å². The summed E-state index contributed by atoms with van der Waals surface area (Å²) in [4.78, 5) is 11.4. The molecule has 0 unspecified atom stereocenters.